The third-order valence-electron chi connectivity index (χ3n) is 10.1. The Morgan fingerprint density at radius 1 is 0.265 bits per heavy atom. The summed E-state index contributed by atoms with van der Waals surface area (Å²) in [6.45, 7) is 0. The van der Waals surface area contributed by atoms with Gasteiger partial charge in [-0.1, -0.05) is 158 Å². The lowest BCUT2D eigenvalue weighted by molar-refractivity contribution is 0.487. The zero-order valence-electron chi connectivity index (χ0n) is 26.7. The number of benzene rings is 9. The van der Waals surface area contributed by atoms with E-state index in [4.69, 9.17) is 4.74 Å². The first-order chi connectivity index (χ1) is 24.3. The Kier molecular flexibility index (Phi) is 6.25. The SMILES string of the molecule is c1ccc(-c2cccc(-c3ccc(-c4c5ccccc5c(-c5ccc6c7c(cccc57)-c5ccccc5O6)c5ccccc45)cc3)c2)cc1. The second-order valence-electron chi connectivity index (χ2n) is 12.8. The van der Waals surface area contributed by atoms with Gasteiger partial charge in [-0.2, -0.15) is 0 Å². The second kappa shape index (κ2) is 11.1. The Morgan fingerprint density at radius 3 is 1.49 bits per heavy atom. The van der Waals surface area contributed by atoms with Crippen LogP contribution in [0.4, 0.5) is 0 Å². The molecule has 49 heavy (non-hydrogen) atoms. The van der Waals surface area contributed by atoms with Crippen LogP contribution in [-0.4, -0.2) is 0 Å². The van der Waals surface area contributed by atoms with Crippen LogP contribution in [0.2, 0.25) is 0 Å². The normalized spacial score (nSPS) is 11.8. The Morgan fingerprint density at radius 2 is 0.776 bits per heavy atom. The molecule has 0 amide bonds. The van der Waals surface area contributed by atoms with Gasteiger partial charge in [-0.3, -0.25) is 0 Å². The first kappa shape index (κ1) is 27.7. The van der Waals surface area contributed by atoms with E-state index in [1.54, 1.807) is 0 Å². The van der Waals surface area contributed by atoms with E-state index in [9.17, 15) is 0 Å². The minimum absolute atomic E-state index is 0.908. The molecule has 10 rings (SSSR count). The standard InChI is InChI=1S/C48H30O/c1-2-12-31(13-3-1)34-14-10-15-35(30-34)32-24-26-33(27-25-32)46-38-17-4-6-19-40(38)47(41-20-7-5-18-39(41)46)43-28-29-45-48-37(21-11-22-42(43)48)36-16-8-9-23-44(36)49-45/h1-30H. The summed E-state index contributed by atoms with van der Waals surface area (Å²) in [7, 11) is 0. The lowest BCUT2D eigenvalue weighted by Crippen LogP contribution is -1.98. The van der Waals surface area contributed by atoms with Crippen molar-refractivity contribution >= 4 is 32.3 Å². The largest absolute Gasteiger partial charge is 0.456 e. The number of para-hydroxylation sites is 1. The third-order valence-corrected chi connectivity index (χ3v) is 10.1. The van der Waals surface area contributed by atoms with E-state index in [1.807, 2.05) is 6.07 Å². The molecule has 1 aliphatic heterocycles. The molecular weight excluding hydrogens is 593 g/mol. The van der Waals surface area contributed by atoms with Crippen LogP contribution in [0.5, 0.6) is 11.5 Å². The molecule has 1 heteroatoms. The zero-order chi connectivity index (χ0) is 32.3. The molecule has 1 aliphatic rings. The van der Waals surface area contributed by atoms with E-state index in [2.05, 4.69) is 176 Å². The molecule has 0 radical (unpaired) electrons. The molecule has 0 saturated carbocycles. The lowest BCUT2D eigenvalue weighted by atomic mass is 9.83. The molecule has 228 valence electrons. The van der Waals surface area contributed by atoms with Crippen molar-refractivity contribution in [1.82, 2.24) is 0 Å². The van der Waals surface area contributed by atoms with Gasteiger partial charge in [0.1, 0.15) is 11.5 Å². The van der Waals surface area contributed by atoms with Crippen molar-refractivity contribution in [3.8, 4) is 67.1 Å². The number of rotatable bonds is 4. The van der Waals surface area contributed by atoms with Crippen LogP contribution < -0.4 is 4.74 Å². The van der Waals surface area contributed by atoms with Gasteiger partial charge in [0.05, 0.1) is 0 Å². The Bertz CT molecular complexity index is 2660. The molecule has 0 fully saturated rings. The summed E-state index contributed by atoms with van der Waals surface area (Å²) in [5.74, 6) is 1.82. The van der Waals surface area contributed by atoms with E-state index < -0.39 is 0 Å². The smallest absolute Gasteiger partial charge is 0.135 e. The number of ether oxygens (including phenoxy) is 1. The summed E-state index contributed by atoms with van der Waals surface area (Å²) in [5.41, 5.74) is 12.2. The van der Waals surface area contributed by atoms with Gasteiger partial charge < -0.3 is 4.74 Å². The highest BCUT2D eigenvalue weighted by Gasteiger charge is 2.23. The Balaban J connectivity index is 1.16. The van der Waals surface area contributed by atoms with Crippen molar-refractivity contribution in [3.63, 3.8) is 0 Å². The lowest BCUT2D eigenvalue weighted by Gasteiger charge is -2.24. The van der Waals surface area contributed by atoms with Crippen LogP contribution >= 0.6 is 0 Å². The fourth-order valence-corrected chi connectivity index (χ4v) is 7.87. The predicted molar refractivity (Wildman–Crippen MR) is 206 cm³/mol. The van der Waals surface area contributed by atoms with Crippen molar-refractivity contribution in [2.24, 2.45) is 0 Å². The molecule has 0 atom stereocenters. The molecule has 0 N–H and O–H groups in total. The summed E-state index contributed by atoms with van der Waals surface area (Å²) < 4.78 is 6.46. The quantitative estimate of drug-likeness (QED) is 0.177. The highest BCUT2D eigenvalue weighted by molar-refractivity contribution is 6.24. The van der Waals surface area contributed by atoms with Crippen LogP contribution in [0.15, 0.2) is 182 Å². The van der Waals surface area contributed by atoms with Gasteiger partial charge in [0.2, 0.25) is 0 Å². The van der Waals surface area contributed by atoms with E-state index >= 15 is 0 Å². The Hall–Kier alpha value is -6.44. The van der Waals surface area contributed by atoms with Gasteiger partial charge in [-0.15, -0.1) is 0 Å². The highest BCUT2D eigenvalue weighted by Crippen LogP contribution is 2.51. The molecule has 0 bridgehead atoms. The highest BCUT2D eigenvalue weighted by atomic mass is 16.5. The van der Waals surface area contributed by atoms with Crippen LogP contribution in [0.25, 0.3) is 88.0 Å². The van der Waals surface area contributed by atoms with Crippen molar-refractivity contribution in [3.05, 3.63) is 182 Å². The van der Waals surface area contributed by atoms with Crippen molar-refractivity contribution < 1.29 is 4.74 Å². The third kappa shape index (κ3) is 4.40. The van der Waals surface area contributed by atoms with Crippen molar-refractivity contribution in [2.45, 2.75) is 0 Å². The maximum Gasteiger partial charge on any atom is 0.135 e. The summed E-state index contributed by atoms with van der Waals surface area (Å²) in [6, 6.07) is 65.7. The van der Waals surface area contributed by atoms with Crippen LogP contribution in [0, 0.1) is 0 Å². The molecule has 0 saturated heterocycles. The average molecular weight is 623 g/mol. The average Bonchev–Trinajstić information content (AvgIpc) is 3.18. The molecule has 0 aliphatic carbocycles. The van der Waals surface area contributed by atoms with Gasteiger partial charge in [-0.25, -0.2) is 0 Å². The van der Waals surface area contributed by atoms with Gasteiger partial charge in [0.15, 0.2) is 0 Å². The summed E-state index contributed by atoms with van der Waals surface area (Å²) >= 11 is 0. The van der Waals surface area contributed by atoms with E-state index in [0.717, 1.165) is 17.1 Å². The molecule has 1 nitrogen and oxygen atoms in total. The Labute approximate surface area is 285 Å². The molecule has 0 spiro atoms. The topological polar surface area (TPSA) is 9.23 Å². The van der Waals surface area contributed by atoms with E-state index in [-0.39, 0.29) is 0 Å². The second-order valence-corrected chi connectivity index (χ2v) is 12.8. The van der Waals surface area contributed by atoms with Crippen LogP contribution in [-0.2, 0) is 0 Å². The first-order valence-corrected chi connectivity index (χ1v) is 16.8. The van der Waals surface area contributed by atoms with Crippen LogP contribution in [0.3, 0.4) is 0 Å². The summed E-state index contributed by atoms with van der Waals surface area (Å²) in [4.78, 5) is 0. The summed E-state index contributed by atoms with van der Waals surface area (Å²) in [6.07, 6.45) is 0. The molecule has 9 aromatic carbocycles. The molecule has 0 unspecified atom stereocenters. The van der Waals surface area contributed by atoms with Gasteiger partial charge in [0, 0.05) is 10.9 Å². The van der Waals surface area contributed by atoms with Crippen molar-refractivity contribution in [2.75, 3.05) is 0 Å². The predicted octanol–water partition coefficient (Wildman–Crippen LogP) is 13.6. The maximum absolute atomic E-state index is 6.46. The summed E-state index contributed by atoms with van der Waals surface area (Å²) in [5, 5.41) is 7.36. The molecular formula is C48H30O. The number of hydrogen-bond acceptors (Lipinski definition) is 1. The van der Waals surface area contributed by atoms with Crippen molar-refractivity contribution in [1.29, 1.82) is 0 Å². The number of hydrogen-bond donors (Lipinski definition) is 0. The molecule has 1 heterocycles. The zero-order valence-corrected chi connectivity index (χ0v) is 26.7. The fourth-order valence-electron chi connectivity index (χ4n) is 7.87. The monoisotopic (exact) mass is 622 g/mol. The molecule has 0 aromatic heterocycles. The van der Waals surface area contributed by atoms with Gasteiger partial charge in [0.25, 0.3) is 0 Å². The van der Waals surface area contributed by atoms with Gasteiger partial charge >= 0.3 is 0 Å². The van der Waals surface area contributed by atoms with E-state index in [0.29, 0.717) is 0 Å². The minimum atomic E-state index is 0.908. The van der Waals surface area contributed by atoms with Gasteiger partial charge in [-0.05, 0) is 101 Å². The number of fused-ring (bicyclic) bond motifs is 4. The fraction of sp³-hybridized carbons (Fsp3) is 0. The maximum atomic E-state index is 6.46. The van der Waals surface area contributed by atoms with E-state index in [1.165, 1.54) is 82.4 Å². The first-order valence-electron chi connectivity index (χ1n) is 16.8. The molecule has 9 aromatic rings. The van der Waals surface area contributed by atoms with Crippen LogP contribution in [0.1, 0.15) is 0 Å². The minimum Gasteiger partial charge on any atom is -0.456 e.